The van der Waals surface area contributed by atoms with Gasteiger partial charge in [0, 0.05) is 5.22 Å². The molecule has 0 atom stereocenters. The highest BCUT2D eigenvalue weighted by atomic mass is 32.1. The van der Waals surface area contributed by atoms with Crippen LogP contribution in [0.5, 0.6) is 11.6 Å². The zero-order valence-electron chi connectivity index (χ0n) is 13.8. The van der Waals surface area contributed by atoms with Crippen molar-refractivity contribution in [3.05, 3.63) is 73.7 Å². The third-order valence-corrected chi connectivity index (χ3v) is 4.98. The van der Waals surface area contributed by atoms with Gasteiger partial charge in [0.05, 0.1) is 23.2 Å². The topological polar surface area (TPSA) is 80.9 Å². The van der Waals surface area contributed by atoms with Crippen LogP contribution >= 0.6 is 11.3 Å². The lowest BCUT2D eigenvalue weighted by atomic mass is 10.1. The molecule has 1 aliphatic heterocycles. The van der Waals surface area contributed by atoms with Crippen LogP contribution in [0, 0.1) is 0 Å². The second-order valence-electron chi connectivity index (χ2n) is 5.57. The standard InChI is InChI=1S/C19H14N2O4S/c1-2-25-14-10-6-5-9-13(14)21-18(23)16(26-19(21)24)15-11-7-3-4-8-12(11)20-17(15)22/h3-10,23H,2H2,1H3. The molecule has 1 amide bonds. The molecule has 0 radical (unpaired) electrons. The van der Waals surface area contributed by atoms with Gasteiger partial charge in [0.15, 0.2) is 0 Å². The zero-order chi connectivity index (χ0) is 18.3. The number of benzene rings is 2. The maximum atomic E-state index is 12.6. The monoisotopic (exact) mass is 366 g/mol. The number of amides is 1. The molecule has 0 bridgehead atoms. The van der Waals surface area contributed by atoms with Gasteiger partial charge in [0.2, 0.25) is 5.88 Å². The van der Waals surface area contributed by atoms with Gasteiger partial charge in [-0.05, 0) is 25.1 Å². The van der Waals surface area contributed by atoms with Crippen molar-refractivity contribution in [1.82, 2.24) is 4.57 Å². The third-order valence-electron chi connectivity index (χ3n) is 4.03. The summed E-state index contributed by atoms with van der Waals surface area (Å²) in [6.45, 7) is 2.26. The molecule has 1 aromatic heterocycles. The van der Waals surface area contributed by atoms with Gasteiger partial charge in [-0.15, -0.1) is 0 Å². The second-order valence-corrected chi connectivity index (χ2v) is 6.53. The first kappa shape index (κ1) is 16.3. The lowest BCUT2D eigenvalue weighted by Gasteiger charge is -2.10. The first-order chi connectivity index (χ1) is 12.6. The Morgan fingerprint density at radius 1 is 1.12 bits per heavy atom. The van der Waals surface area contributed by atoms with Gasteiger partial charge in [-0.3, -0.25) is 9.59 Å². The fourth-order valence-corrected chi connectivity index (χ4v) is 3.88. The Labute approximate surface area is 152 Å². The molecule has 0 aliphatic carbocycles. The number of fused-ring (bicyclic) bond motifs is 1. The van der Waals surface area contributed by atoms with Crippen molar-refractivity contribution in [2.24, 2.45) is 4.99 Å². The van der Waals surface area contributed by atoms with E-state index in [1.54, 1.807) is 48.5 Å². The highest BCUT2D eigenvalue weighted by Crippen LogP contribution is 2.33. The summed E-state index contributed by atoms with van der Waals surface area (Å²) in [5, 5.41) is 11.9. The quantitative estimate of drug-likeness (QED) is 0.756. The lowest BCUT2D eigenvalue weighted by Crippen LogP contribution is -2.22. The summed E-state index contributed by atoms with van der Waals surface area (Å²) < 4.78 is 6.71. The fraction of sp³-hybridized carbons (Fsp3) is 0.105. The van der Waals surface area contributed by atoms with Crippen LogP contribution in [0.4, 0.5) is 0 Å². The average Bonchev–Trinajstić information content (AvgIpc) is 3.11. The molecular weight excluding hydrogens is 352 g/mol. The summed E-state index contributed by atoms with van der Waals surface area (Å²) >= 11 is 0.811. The van der Waals surface area contributed by atoms with Crippen LogP contribution in [-0.2, 0) is 4.79 Å². The average molecular weight is 366 g/mol. The van der Waals surface area contributed by atoms with Crippen molar-refractivity contribution in [3.63, 3.8) is 0 Å². The van der Waals surface area contributed by atoms with Gasteiger partial charge >= 0.3 is 4.87 Å². The summed E-state index contributed by atoms with van der Waals surface area (Å²) in [7, 11) is 0. The molecule has 7 heteroatoms. The molecule has 0 unspecified atom stereocenters. The van der Waals surface area contributed by atoms with E-state index in [0.29, 0.717) is 28.6 Å². The number of hydrogen-bond acceptors (Lipinski definition) is 5. The summed E-state index contributed by atoms with van der Waals surface area (Å²) in [5.74, 6) is -0.278. The Morgan fingerprint density at radius 3 is 2.65 bits per heavy atom. The zero-order valence-corrected chi connectivity index (χ0v) is 14.6. The molecule has 3 aromatic rings. The number of aromatic hydroxyl groups is 1. The van der Waals surface area contributed by atoms with Gasteiger partial charge in [0.1, 0.15) is 10.6 Å². The highest BCUT2D eigenvalue weighted by Gasteiger charge is 2.27. The number of nitrogens with zero attached hydrogens (tertiary/aromatic N) is 2. The van der Waals surface area contributed by atoms with E-state index in [0.717, 1.165) is 15.9 Å². The molecule has 0 saturated carbocycles. The minimum Gasteiger partial charge on any atom is -0.493 e. The molecule has 0 spiro atoms. The summed E-state index contributed by atoms with van der Waals surface area (Å²) in [4.78, 5) is 28.8. The number of aromatic nitrogens is 1. The highest BCUT2D eigenvalue weighted by molar-refractivity contribution is 7.11. The normalized spacial score (nSPS) is 12.8. The van der Waals surface area contributed by atoms with Crippen LogP contribution in [-0.4, -0.2) is 22.2 Å². The number of carbonyl (C=O) groups is 1. The Bertz CT molecular complexity index is 1210. The molecule has 2 heterocycles. The van der Waals surface area contributed by atoms with E-state index >= 15 is 0 Å². The number of ether oxygens (including phenoxy) is 1. The van der Waals surface area contributed by atoms with E-state index in [1.807, 2.05) is 6.92 Å². The fourth-order valence-electron chi connectivity index (χ4n) is 2.94. The van der Waals surface area contributed by atoms with E-state index in [1.165, 1.54) is 0 Å². The second kappa shape index (κ2) is 6.27. The van der Waals surface area contributed by atoms with Crippen LogP contribution in [0.25, 0.3) is 11.3 Å². The van der Waals surface area contributed by atoms with E-state index in [-0.39, 0.29) is 16.3 Å². The Kier molecular flexibility index (Phi) is 3.93. The molecule has 4 rings (SSSR count). The predicted octanol–water partition coefficient (Wildman–Crippen LogP) is 1.36. The van der Waals surface area contributed by atoms with Gasteiger partial charge in [0.25, 0.3) is 5.91 Å². The summed E-state index contributed by atoms with van der Waals surface area (Å²) in [6, 6.07) is 14.0. The van der Waals surface area contributed by atoms with Crippen molar-refractivity contribution >= 4 is 22.8 Å². The Hall–Kier alpha value is -3.19. The van der Waals surface area contributed by atoms with E-state index in [2.05, 4.69) is 4.99 Å². The summed E-state index contributed by atoms with van der Waals surface area (Å²) in [6.07, 6.45) is 0. The minimum absolute atomic E-state index is 0.208. The first-order valence-electron chi connectivity index (χ1n) is 8.01. The molecule has 2 aromatic carbocycles. The number of para-hydroxylation sites is 3. The van der Waals surface area contributed by atoms with Crippen LogP contribution in [0.2, 0.25) is 0 Å². The number of thiazole rings is 1. The van der Waals surface area contributed by atoms with Crippen LogP contribution < -0.4 is 20.2 Å². The Balaban J connectivity index is 1.98. The number of carbonyl (C=O) groups excluding carboxylic acids is 1. The van der Waals surface area contributed by atoms with Crippen LogP contribution in [0.15, 0.2) is 58.3 Å². The van der Waals surface area contributed by atoms with Gasteiger partial charge < -0.3 is 9.84 Å². The van der Waals surface area contributed by atoms with Gasteiger partial charge in [-0.1, -0.05) is 41.7 Å². The van der Waals surface area contributed by atoms with Gasteiger partial charge in [-0.2, -0.15) is 0 Å². The maximum absolute atomic E-state index is 12.6. The maximum Gasteiger partial charge on any atom is 0.315 e. The van der Waals surface area contributed by atoms with Crippen molar-refractivity contribution < 1.29 is 14.6 Å². The van der Waals surface area contributed by atoms with Gasteiger partial charge in [-0.25, -0.2) is 9.56 Å². The summed E-state index contributed by atoms with van der Waals surface area (Å²) in [5.41, 5.74) is 0.670. The largest absolute Gasteiger partial charge is 0.493 e. The SMILES string of the molecule is CCOc1ccccc1-n1c(O)c(C2=c3ccccc3=NC2=O)sc1=O. The van der Waals surface area contributed by atoms with E-state index < -0.39 is 10.8 Å². The van der Waals surface area contributed by atoms with Crippen molar-refractivity contribution in [2.45, 2.75) is 6.92 Å². The molecule has 1 aliphatic rings. The number of hydrogen-bond donors (Lipinski definition) is 1. The lowest BCUT2D eigenvalue weighted by molar-refractivity contribution is -0.112. The molecule has 130 valence electrons. The molecule has 0 fully saturated rings. The van der Waals surface area contributed by atoms with Crippen LogP contribution in [0.3, 0.4) is 0 Å². The smallest absolute Gasteiger partial charge is 0.315 e. The van der Waals surface area contributed by atoms with Crippen molar-refractivity contribution in [2.75, 3.05) is 6.61 Å². The molecule has 0 saturated heterocycles. The molecular formula is C19H14N2O4S. The third kappa shape index (κ3) is 2.44. The van der Waals surface area contributed by atoms with Crippen molar-refractivity contribution in [1.29, 1.82) is 0 Å². The molecule has 6 nitrogen and oxygen atoms in total. The van der Waals surface area contributed by atoms with Crippen LogP contribution in [0.1, 0.15) is 11.8 Å². The van der Waals surface area contributed by atoms with Crippen molar-refractivity contribution in [3.8, 4) is 17.3 Å². The van der Waals surface area contributed by atoms with E-state index in [9.17, 15) is 14.7 Å². The first-order valence-corrected chi connectivity index (χ1v) is 8.83. The Morgan fingerprint density at radius 2 is 1.85 bits per heavy atom. The predicted molar refractivity (Wildman–Crippen MR) is 97.5 cm³/mol. The minimum atomic E-state index is -0.465. The molecule has 1 N–H and O–H groups in total. The number of rotatable bonds is 4. The van der Waals surface area contributed by atoms with E-state index in [4.69, 9.17) is 4.74 Å². The molecule has 26 heavy (non-hydrogen) atoms.